The van der Waals surface area contributed by atoms with Crippen LogP contribution >= 0.6 is 0 Å². The molecule has 1 aromatic heterocycles. The number of ether oxygens (including phenoxy) is 1. The molecule has 1 amide bonds. The number of benzene rings is 1. The van der Waals surface area contributed by atoms with Gasteiger partial charge in [-0.15, -0.1) is 0 Å². The van der Waals surface area contributed by atoms with Crippen LogP contribution in [0.1, 0.15) is 52.5 Å². The van der Waals surface area contributed by atoms with Gasteiger partial charge in [0, 0.05) is 24.6 Å². The van der Waals surface area contributed by atoms with Gasteiger partial charge in [-0.1, -0.05) is 20.8 Å². The largest absolute Gasteiger partial charge is 0.435 e. The van der Waals surface area contributed by atoms with Gasteiger partial charge < -0.3 is 9.30 Å². The fraction of sp³-hybridized carbons (Fsp3) is 0.556. The molecule has 0 saturated heterocycles. The van der Waals surface area contributed by atoms with E-state index in [1.54, 1.807) is 4.57 Å². The van der Waals surface area contributed by atoms with Gasteiger partial charge in [0.15, 0.2) is 5.82 Å². The highest BCUT2D eigenvalue weighted by atomic mass is 19.3. The van der Waals surface area contributed by atoms with E-state index in [4.69, 9.17) is 0 Å². The molecular weight excluding hydrogens is 347 g/mol. The van der Waals surface area contributed by atoms with Crippen molar-refractivity contribution in [2.45, 2.75) is 59.1 Å². The fourth-order valence-electron chi connectivity index (χ4n) is 3.05. The molecule has 0 spiro atoms. The third kappa shape index (κ3) is 3.94. The Kier molecular flexibility index (Phi) is 4.86. The van der Waals surface area contributed by atoms with Crippen LogP contribution in [0.3, 0.4) is 0 Å². The molecule has 0 bridgehead atoms. The number of halogens is 3. The summed E-state index contributed by atoms with van der Waals surface area (Å²) in [6.45, 7) is 2.78. The summed E-state index contributed by atoms with van der Waals surface area (Å²) in [5.41, 5.74) is 0.168. The molecule has 1 aliphatic rings. The van der Waals surface area contributed by atoms with Gasteiger partial charge in [-0.25, -0.2) is 9.37 Å². The van der Waals surface area contributed by atoms with Crippen molar-refractivity contribution in [3.63, 3.8) is 0 Å². The summed E-state index contributed by atoms with van der Waals surface area (Å²) >= 11 is 0. The van der Waals surface area contributed by atoms with E-state index in [9.17, 15) is 18.0 Å². The number of aromatic nitrogens is 2. The zero-order valence-electron chi connectivity index (χ0n) is 15.0. The van der Waals surface area contributed by atoms with Crippen LogP contribution in [0.4, 0.5) is 19.1 Å². The number of carbonyl (C=O) groups excluding carboxylic acids is 1. The van der Waals surface area contributed by atoms with Crippen molar-refractivity contribution in [3.05, 3.63) is 17.9 Å². The van der Waals surface area contributed by atoms with E-state index in [1.807, 2.05) is 20.8 Å². The highest BCUT2D eigenvalue weighted by molar-refractivity contribution is 5.92. The van der Waals surface area contributed by atoms with Gasteiger partial charge >= 0.3 is 6.61 Å². The first-order chi connectivity index (χ1) is 12.1. The molecule has 0 atom stereocenters. The quantitative estimate of drug-likeness (QED) is 0.817. The van der Waals surface area contributed by atoms with Crippen LogP contribution in [-0.2, 0) is 4.79 Å². The average Bonchev–Trinajstić information content (AvgIpc) is 2.73. The van der Waals surface area contributed by atoms with Gasteiger partial charge in [-0.05, 0) is 24.7 Å². The number of nitrogens with one attached hydrogen (secondary N) is 1. The van der Waals surface area contributed by atoms with Crippen molar-refractivity contribution in [2.24, 2.45) is 5.41 Å². The predicted octanol–water partition coefficient (Wildman–Crippen LogP) is 4.88. The van der Waals surface area contributed by atoms with E-state index in [-0.39, 0.29) is 41.0 Å². The van der Waals surface area contributed by atoms with E-state index in [0.29, 0.717) is 5.52 Å². The molecule has 1 fully saturated rings. The Hall–Kier alpha value is -2.25. The number of carbonyl (C=O) groups is 1. The summed E-state index contributed by atoms with van der Waals surface area (Å²) in [4.78, 5) is 16.5. The molecule has 2 aromatic rings. The van der Waals surface area contributed by atoms with Crippen LogP contribution in [0, 0.1) is 11.2 Å². The molecule has 0 unspecified atom stereocenters. The molecule has 1 N–H and O–H groups in total. The van der Waals surface area contributed by atoms with Gasteiger partial charge in [-0.2, -0.15) is 8.78 Å². The number of nitrogens with zero attached hydrogens (tertiary/aromatic N) is 2. The van der Waals surface area contributed by atoms with Crippen molar-refractivity contribution in [1.82, 2.24) is 9.55 Å². The smallest absolute Gasteiger partial charge is 0.387 e. The van der Waals surface area contributed by atoms with Crippen LogP contribution in [-0.4, -0.2) is 22.1 Å². The molecule has 0 aliphatic heterocycles. The molecule has 3 rings (SSSR count). The molecule has 142 valence electrons. The minimum absolute atomic E-state index is 0.0320. The summed E-state index contributed by atoms with van der Waals surface area (Å²) in [5, 5.41) is 2.75. The van der Waals surface area contributed by atoms with Crippen molar-refractivity contribution in [2.75, 3.05) is 5.32 Å². The summed E-state index contributed by atoms with van der Waals surface area (Å²) in [7, 11) is 0. The third-order valence-electron chi connectivity index (χ3n) is 4.33. The number of fused-ring (bicyclic) bond motifs is 1. The second-order valence-corrected chi connectivity index (χ2v) is 7.83. The third-order valence-corrected chi connectivity index (χ3v) is 4.33. The minimum atomic E-state index is -3.04. The monoisotopic (exact) mass is 369 g/mol. The average molecular weight is 369 g/mol. The first-order valence-corrected chi connectivity index (χ1v) is 8.60. The molecule has 1 aliphatic carbocycles. The van der Waals surface area contributed by atoms with E-state index in [1.165, 1.54) is 6.07 Å². The van der Waals surface area contributed by atoms with E-state index < -0.39 is 12.4 Å². The molecule has 8 heteroatoms. The number of amides is 1. The number of alkyl halides is 2. The second kappa shape index (κ2) is 6.81. The molecule has 1 saturated carbocycles. The first-order valence-electron chi connectivity index (χ1n) is 8.60. The van der Waals surface area contributed by atoms with Crippen LogP contribution < -0.4 is 10.1 Å². The Morgan fingerprint density at radius 1 is 1.38 bits per heavy atom. The predicted molar refractivity (Wildman–Crippen MR) is 91.9 cm³/mol. The zero-order valence-corrected chi connectivity index (χ0v) is 15.0. The van der Waals surface area contributed by atoms with Crippen LogP contribution in [0.5, 0.6) is 5.75 Å². The summed E-state index contributed by atoms with van der Waals surface area (Å²) in [6, 6.07) is 2.27. The Labute approximate surface area is 149 Å². The summed E-state index contributed by atoms with van der Waals surface area (Å²) < 4.78 is 45.4. The SMILES string of the molecule is CC(C)(C)CC(=O)Nc1nc2c(F)cc(OC(F)F)cc2n1C1CCC1. The van der Waals surface area contributed by atoms with Gasteiger partial charge in [0.2, 0.25) is 11.9 Å². The van der Waals surface area contributed by atoms with Crippen molar-refractivity contribution in [3.8, 4) is 5.75 Å². The lowest BCUT2D eigenvalue weighted by Gasteiger charge is -2.29. The van der Waals surface area contributed by atoms with E-state index in [2.05, 4.69) is 15.0 Å². The van der Waals surface area contributed by atoms with Gasteiger partial charge in [0.05, 0.1) is 5.52 Å². The first kappa shape index (κ1) is 18.5. The topological polar surface area (TPSA) is 56.1 Å². The number of imidazole rings is 1. The Balaban J connectivity index is 2.02. The number of hydrogen-bond donors (Lipinski definition) is 1. The Bertz CT molecular complexity index is 823. The molecule has 5 nitrogen and oxygen atoms in total. The van der Waals surface area contributed by atoms with E-state index >= 15 is 0 Å². The molecule has 0 radical (unpaired) electrons. The fourth-order valence-corrected chi connectivity index (χ4v) is 3.05. The highest BCUT2D eigenvalue weighted by Gasteiger charge is 2.28. The van der Waals surface area contributed by atoms with Gasteiger partial charge in [0.1, 0.15) is 11.3 Å². The minimum Gasteiger partial charge on any atom is -0.435 e. The van der Waals surface area contributed by atoms with Crippen molar-refractivity contribution < 1.29 is 22.7 Å². The molecule has 1 heterocycles. The number of anilines is 1. The summed E-state index contributed by atoms with van der Waals surface area (Å²) in [5.74, 6) is -1.01. The lowest BCUT2D eigenvalue weighted by molar-refractivity contribution is -0.117. The molecule has 26 heavy (non-hydrogen) atoms. The normalized spacial score (nSPS) is 15.3. The molecular formula is C18H22F3N3O2. The van der Waals surface area contributed by atoms with Crippen LogP contribution in [0.2, 0.25) is 0 Å². The van der Waals surface area contributed by atoms with Crippen molar-refractivity contribution in [1.29, 1.82) is 0 Å². The molecule has 1 aromatic carbocycles. The standard InChI is InChI=1S/C18H22F3N3O2/c1-18(2,3)9-14(25)22-17-23-15-12(19)7-11(26-16(20)21)8-13(15)24(17)10-5-4-6-10/h7-8,10,16H,4-6,9H2,1-3H3,(H,22,23,25). The summed E-state index contributed by atoms with van der Waals surface area (Å²) in [6.07, 6.45) is 3.00. The maximum Gasteiger partial charge on any atom is 0.387 e. The van der Waals surface area contributed by atoms with Gasteiger partial charge in [-0.3, -0.25) is 10.1 Å². The highest BCUT2D eigenvalue weighted by Crippen LogP contribution is 2.39. The van der Waals surface area contributed by atoms with Crippen LogP contribution in [0.25, 0.3) is 11.0 Å². The maximum atomic E-state index is 14.4. The Morgan fingerprint density at radius 3 is 2.62 bits per heavy atom. The lowest BCUT2D eigenvalue weighted by atomic mass is 9.92. The Morgan fingerprint density at radius 2 is 2.08 bits per heavy atom. The van der Waals surface area contributed by atoms with Crippen molar-refractivity contribution >= 4 is 22.9 Å². The number of rotatable bonds is 5. The number of hydrogen-bond acceptors (Lipinski definition) is 3. The van der Waals surface area contributed by atoms with E-state index in [0.717, 1.165) is 25.3 Å². The maximum absolute atomic E-state index is 14.4. The lowest BCUT2D eigenvalue weighted by Crippen LogP contribution is -2.24. The second-order valence-electron chi connectivity index (χ2n) is 7.83. The van der Waals surface area contributed by atoms with Crippen LogP contribution in [0.15, 0.2) is 12.1 Å². The van der Waals surface area contributed by atoms with Gasteiger partial charge in [0.25, 0.3) is 0 Å². The zero-order chi connectivity index (χ0) is 19.1.